The fourth-order valence-electron chi connectivity index (χ4n) is 6.11. The van der Waals surface area contributed by atoms with E-state index < -0.39 is 41.6 Å². The van der Waals surface area contributed by atoms with Crippen LogP contribution in [-0.4, -0.2) is 65.1 Å². The number of aliphatic hydroxyl groups excluding tert-OH is 2. The average molecular weight is 597 g/mol. The van der Waals surface area contributed by atoms with E-state index in [9.17, 15) is 24.6 Å². The van der Waals surface area contributed by atoms with Gasteiger partial charge < -0.3 is 39.1 Å². The number of para-hydroxylation sites is 2. The summed E-state index contributed by atoms with van der Waals surface area (Å²) < 4.78 is 22.6. The minimum absolute atomic E-state index is 0.0151. The Morgan fingerprint density at radius 3 is 2.61 bits per heavy atom. The summed E-state index contributed by atoms with van der Waals surface area (Å²) in [6.07, 6.45) is -0.637. The van der Waals surface area contributed by atoms with Crippen molar-refractivity contribution in [3.63, 3.8) is 0 Å². The summed E-state index contributed by atoms with van der Waals surface area (Å²) in [5.41, 5.74) is 0.909. The van der Waals surface area contributed by atoms with Crippen molar-refractivity contribution >= 4 is 22.8 Å². The summed E-state index contributed by atoms with van der Waals surface area (Å²) >= 11 is 0. The van der Waals surface area contributed by atoms with Crippen LogP contribution in [0.25, 0.3) is 11.0 Å². The third-order valence-corrected chi connectivity index (χ3v) is 8.16. The molecule has 2 amide bonds. The molecule has 0 fully saturated rings. The van der Waals surface area contributed by atoms with Crippen LogP contribution in [0.15, 0.2) is 93.7 Å². The van der Waals surface area contributed by atoms with Crippen molar-refractivity contribution in [1.29, 1.82) is 0 Å². The van der Waals surface area contributed by atoms with E-state index >= 15 is 0 Å². The van der Waals surface area contributed by atoms with Crippen molar-refractivity contribution in [1.82, 2.24) is 10.2 Å². The molecule has 224 valence electrons. The third kappa shape index (κ3) is 4.76. The van der Waals surface area contributed by atoms with Gasteiger partial charge in [-0.25, -0.2) is 4.79 Å². The maximum absolute atomic E-state index is 14.3. The van der Waals surface area contributed by atoms with Crippen LogP contribution in [0.2, 0.25) is 0 Å². The molecule has 4 atom stereocenters. The highest BCUT2D eigenvalue weighted by atomic mass is 16.7. The molecule has 2 aliphatic heterocycles. The first-order valence-corrected chi connectivity index (χ1v) is 14.2. The first-order chi connectivity index (χ1) is 21.4. The van der Waals surface area contributed by atoms with E-state index in [1.165, 1.54) is 11.0 Å². The van der Waals surface area contributed by atoms with Crippen LogP contribution in [0, 0.1) is 0 Å². The topological polar surface area (TPSA) is 148 Å². The van der Waals surface area contributed by atoms with Gasteiger partial charge in [-0.3, -0.25) is 9.59 Å². The second-order valence-electron chi connectivity index (χ2n) is 10.8. The highest BCUT2D eigenvalue weighted by molar-refractivity contribution is 5.98. The molecule has 7 rings (SSSR count). The number of nitrogens with one attached hydrogen (secondary N) is 1. The Labute approximate surface area is 250 Å². The Kier molecular flexibility index (Phi) is 7.03. The molecule has 0 radical (unpaired) electrons. The van der Waals surface area contributed by atoms with Crippen molar-refractivity contribution in [3.05, 3.63) is 112 Å². The minimum atomic E-state index is -1.28. The lowest BCUT2D eigenvalue weighted by Crippen LogP contribution is -2.55. The summed E-state index contributed by atoms with van der Waals surface area (Å²) in [7, 11) is 0. The fraction of sp³-hybridized carbons (Fsp3) is 0.242. The Morgan fingerprint density at radius 2 is 1.75 bits per heavy atom. The maximum atomic E-state index is 14.3. The van der Waals surface area contributed by atoms with E-state index in [1.54, 1.807) is 60.7 Å². The van der Waals surface area contributed by atoms with Gasteiger partial charge in [0.05, 0.1) is 18.6 Å². The summed E-state index contributed by atoms with van der Waals surface area (Å²) in [4.78, 5) is 42.3. The largest absolute Gasteiger partial charge is 0.486 e. The molecular formula is C33H28N2O9. The summed E-state index contributed by atoms with van der Waals surface area (Å²) in [5, 5.41) is 24.5. The minimum Gasteiger partial charge on any atom is -0.486 e. The Hall–Kier alpha value is -5.13. The molecule has 3 aromatic carbocycles. The van der Waals surface area contributed by atoms with E-state index in [0.717, 1.165) is 5.56 Å². The number of rotatable bonds is 7. The van der Waals surface area contributed by atoms with Gasteiger partial charge in [0.1, 0.15) is 29.1 Å². The number of hydrogen-bond donors (Lipinski definition) is 3. The van der Waals surface area contributed by atoms with E-state index in [-0.39, 0.29) is 37.6 Å². The number of fused-ring (bicyclic) bond motifs is 5. The number of ether oxygens (including phenoxy) is 3. The van der Waals surface area contributed by atoms with Gasteiger partial charge in [-0.2, -0.15) is 0 Å². The second kappa shape index (κ2) is 11.2. The molecule has 0 bridgehead atoms. The Morgan fingerprint density at radius 1 is 0.955 bits per heavy atom. The number of carbonyl (C=O) groups excluding carboxylic acids is 2. The Bertz CT molecular complexity index is 1870. The summed E-state index contributed by atoms with van der Waals surface area (Å²) in [6, 6.07) is 19.6. The molecule has 3 N–H and O–H groups in total. The Balaban J connectivity index is 1.35. The van der Waals surface area contributed by atoms with Crippen molar-refractivity contribution in [2.45, 2.75) is 30.7 Å². The highest BCUT2D eigenvalue weighted by Crippen LogP contribution is 2.47. The first kappa shape index (κ1) is 27.7. The second-order valence-corrected chi connectivity index (χ2v) is 10.8. The molecule has 3 heterocycles. The van der Waals surface area contributed by atoms with Gasteiger partial charge in [0.25, 0.3) is 5.91 Å². The monoisotopic (exact) mass is 596 g/mol. The molecule has 1 aliphatic carbocycles. The number of nitrogens with zero attached hydrogens (tertiary/aromatic N) is 1. The molecule has 3 aliphatic rings. The smallest absolute Gasteiger partial charge is 0.349 e. The van der Waals surface area contributed by atoms with Crippen molar-refractivity contribution in [3.8, 4) is 17.2 Å². The molecule has 1 aromatic heterocycles. The van der Waals surface area contributed by atoms with E-state index in [1.807, 2.05) is 12.1 Å². The van der Waals surface area contributed by atoms with Gasteiger partial charge in [-0.1, -0.05) is 42.5 Å². The number of amides is 2. The quantitative estimate of drug-likeness (QED) is 0.274. The van der Waals surface area contributed by atoms with Gasteiger partial charge in [0, 0.05) is 29.6 Å². The van der Waals surface area contributed by atoms with Crippen LogP contribution in [0.1, 0.15) is 27.4 Å². The lowest BCUT2D eigenvalue weighted by molar-refractivity contribution is -0.118. The molecule has 11 nitrogen and oxygen atoms in total. The van der Waals surface area contributed by atoms with Gasteiger partial charge in [0.15, 0.2) is 11.5 Å². The van der Waals surface area contributed by atoms with Crippen LogP contribution in [0.4, 0.5) is 0 Å². The first-order valence-electron chi connectivity index (χ1n) is 14.2. The lowest BCUT2D eigenvalue weighted by atomic mass is 9.77. The molecule has 0 saturated heterocycles. The zero-order valence-electron chi connectivity index (χ0n) is 23.3. The van der Waals surface area contributed by atoms with Gasteiger partial charge in [-0.05, 0) is 42.0 Å². The summed E-state index contributed by atoms with van der Waals surface area (Å²) in [5.74, 6) is -0.212. The number of benzene rings is 3. The molecule has 0 saturated carbocycles. The van der Waals surface area contributed by atoms with Gasteiger partial charge in [-0.15, -0.1) is 0 Å². The van der Waals surface area contributed by atoms with Gasteiger partial charge in [0.2, 0.25) is 12.7 Å². The zero-order chi connectivity index (χ0) is 30.4. The molecule has 44 heavy (non-hydrogen) atoms. The van der Waals surface area contributed by atoms with Crippen LogP contribution in [0.5, 0.6) is 17.2 Å². The molecular weight excluding hydrogens is 568 g/mol. The van der Waals surface area contributed by atoms with Crippen LogP contribution >= 0.6 is 0 Å². The fourth-order valence-corrected chi connectivity index (χ4v) is 6.11. The van der Waals surface area contributed by atoms with Crippen LogP contribution < -0.4 is 25.2 Å². The van der Waals surface area contributed by atoms with E-state index in [4.69, 9.17) is 18.6 Å². The molecule has 11 heteroatoms. The van der Waals surface area contributed by atoms with Crippen LogP contribution in [-0.2, 0) is 11.3 Å². The zero-order valence-corrected chi connectivity index (χ0v) is 23.3. The average Bonchev–Trinajstić information content (AvgIpc) is 3.67. The summed E-state index contributed by atoms with van der Waals surface area (Å²) in [6.45, 7) is -0.243. The standard InChI is InChI=1S/C33H28N2O9/c36-12-11-34-31(38)21-15-23(29(37)30-28(21)20-6-2-4-8-25(20)43-30)35(16-18-9-10-26-27(13-18)42-17-41-26)32(39)22-14-19-5-1-3-7-24(19)44-33(22)40/h1-10,13-15,23,28-30,36-37H,11-12,16-17H2,(H,34,38)/t23-,28+,29+,30+/m1/s1. The highest BCUT2D eigenvalue weighted by Gasteiger charge is 2.50. The maximum Gasteiger partial charge on any atom is 0.349 e. The molecule has 0 unspecified atom stereocenters. The van der Waals surface area contributed by atoms with E-state index in [0.29, 0.717) is 33.8 Å². The van der Waals surface area contributed by atoms with Crippen molar-refractivity contribution in [2.75, 3.05) is 19.9 Å². The number of carbonyl (C=O) groups is 2. The van der Waals surface area contributed by atoms with E-state index in [2.05, 4.69) is 5.32 Å². The number of aliphatic hydroxyl groups is 2. The van der Waals surface area contributed by atoms with Crippen LogP contribution in [0.3, 0.4) is 0 Å². The SMILES string of the molecule is O=C(NCCO)C1=C[C@@H](N(Cc2ccc3c(c2)OCO3)C(=O)c2cc3ccccc3oc2=O)[C@H](O)[C@H]2Oc3ccccc3[C@@H]12. The number of hydrogen-bond acceptors (Lipinski definition) is 9. The predicted octanol–water partition coefficient (Wildman–Crippen LogP) is 2.49. The van der Waals surface area contributed by atoms with Gasteiger partial charge >= 0.3 is 5.63 Å². The normalized spacial score (nSPS) is 21.2. The molecule has 4 aromatic rings. The predicted molar refractivity (Wildman–Crippen MR) is 156 cm³/mol. The lowest BCUT2D eigenvalue weighted by Gasteiger charge is -2.40. The third-order valence-electron chi connectivity index (χ3n) is 8.16. The molecule has 0 spiro atoms. The van der Waals surface area contributed by atoms with Crippen molar-refractivity contribution in [2.24, 2.45) is 0 Å². The van der Waals surface area contributed by atoms with Crippen molar-refractivity contribution < 1.29 is 38.4 Å².